The van der Waals surface area contributed by atoms with Gasteiger partial charge in [-0.05, 0) is 17.2 Å². The zero-order chi connectivity index (χ0) is 11.7. The molecule has 0 radical (unpaired) electrons. The lowest BCUT2D eigenvalue weighted by molar-refractivity contribution is -0.136. The number of benzene rings is 1. The number of amides is 1. The number of rotatable bonds is 3. The summed E-state index contributed by atoms with van der Waals surface area (Å²) >= 11 is 0. The average molecular weight is 221 g/mol. The average Bonchev–Trinajstić information content (AvgIpc) is 2.56. The van der Waals surface area contributed by atoms with Gasteiger partial charge in [0.15, 0.2) is 0 Å². The molecule has 5 heteroatoms. The first-order valence-corrected chi connectivity index (χ1v) is 4.81. The number of hydrogen-bond acceptors (Lipinski definition) is 3. The molecule has 5 nitrogen and oxygen atoms in total. The van der Waals surface area contributed by atoms with Crippen LogP contribution in [0.3, 0.4) is 0 Å². The van der Waals surface area contributed by atoms with Crippen molar-refractivity contribution in [3.8, 4) is 5.75 Å². The SMILES string of the molecule is COc1cc(CC(=O)O)cc2c1NC(=O)C2. The fourth-order valence-electron chi connectivity index (χ4n) is 1.81. The second kappa shape index (κ2) is 3.84. The van der Waals surface area contributed by atoms with Gasteiger partial charge >= 0.3 is 5.97 Å². The Kier molecular flexibility index (Phi) is 2.52. The first kappa shape index (κ1) is 10.5. The van der Waals surface area contributed by atoms with Crippen LogP contribution in [0.5, 0.6) is 5.75 Å². The highest BCUT2D eigenvalue weighted by Gasteiger charge is 2.22. The third-order valence-electron chi connectivity index (χ3n) is 2.43. The van der Waals surface area contributed by atoms with E-state index in [0.29, 0.717) is 17.0 Å². The lowest BCUT2D eigenvalue weighted by atomic mass is 10.1. The van der Waals surface area contributed by atoms with Crippen LogP contribution < -0.4 is 10.1 Å². The van der Waals surface area contributed by atoms with Gasteiger partial charge in [0.1, 0.15) is 5.75 Å². The molecule has 16 heavy (non-hydrogen) atoms. The molecular formula is C11H11NO4. The number of methoxy groups -OCH3 is 1. The molecule has 0 aromatic heterocycles. The fourth-order valence-corrected chi connectivity index (χ4v) is 1.81. The molecule has 0 aliphatic carbocycles. The standard InChI is InChI=1S/C11H11NO4/c1-16-8-3-6(4-10(14)15)2-7-5-9(13)12-11(7)8/h2-3H,4-5H2,1H3,(H,12,13)(H,14,15). The molecule has 2 rings (SSSR count). The molecule has 0 fully saturated rings. The topological polar surface area (TPSA) is 75.6 Å². The normalized spacial score (nSPS) is 13.2. The van der Waals surface area contributed by atoms with E-state index >= 15 is 0 Å². The molecule has 0 saturated carbocycles. The molecule has 1 aliphatic rings. The van der Waals surface area contributed by atoms with Crippen molar-refractivity contribution in [1.82, 2.24) is 0 Å². The van der Waals surface area contributed by atoms with Gasteiger partial charge in [-0.15, -0.1) is 0 Å². The van der Waals surface area contributed by atoms with Crippen molar-refractivity contribution in [2.24, 2.45) is 0 Å². The third-order valence-corrected chi connectivity index (χ3v) is 2.43. The van der Waals surface area contributed by atoms with Crippen LogP contribution in [0.2, 0.25) is 0 Å². The van der Waals surface area contributed by atoms with Gasteiger partial charge < -0.3 is 15.2 Å². The van der Waals surface area contributed by atoms with Gasteiger partial charge in [0, 0.05) is 0 Å². The van der Waals surface area contributed by atoms with E-state index < -0.39 is 5.97 Å². The van der Waals surface area contributed by atoms with Crippen molar-refractivity contribution >= 4 is 17.6 Å². The monoisotopic (exact) mass is 221 g/mol. The molecule has 84 valence electrons. The number of carbonyl (C=O) groups is 2. The zero-order valence-electron chi connectivity index (χ0n) is 8.74. The van der Waals surface area contributed by atoms with Gasteiger partial charge in [-0.25, -0.2) is 0 Å². The van der Waals surface area contributed by atoms with Crippen molar-refractivity contribution in [3.63, 3.8) is 0 Å². The zero-order valence-corrected chi connectivity index (χ0v) is 8.74. The second-order valence-electron chi connectivity index (χ2n) is 3.63. The summed E-state index contributed by atoms with van der Waals surface area (Å²) in [6, 6.07) is 3.36. The second-order valence-corrected chi connectivity index (χ2v) is 3.63. The van der Waals surface area contributed by atoms with Crippen molar-refractivity contribution in [2.75, 3.05) is 12.4 Å². The molecular weight excluding hydrogens is 210 g/mol. The van der Waals surface area contributed by atoms with E-state index in [2.05, 4.69) is 5.32 Å². The molecule has 0 unspecified atom stereocenters. The Hall–Kier alpha value is -2.04. The van der Waals surface area contributed by atoms with Crippen LogP contribution in [0.4, 0.5) is 5.69 Å². The highest BCUT2D eigenvalue weighted by atomic mass is 16.5. The van der Waals surface area contributed by atoms with Crippen LogP contribution in [-0.4, -0.2) is 24.1 Å². The maximum Gasteiger partial charge on any atom is 0.307 e. The van der Waals surface area contributed by atoms with Crippen molar-refractivity contribution in [3.05, 3.63) is 23.3 Å². The van der Waals surface area contributed by atoms with E-state index in [1.54, 1.807) is 12.1 Å². The molecule has 1 aromatic carbocycles. The van der Waals surface area contributed by atoms with Crippen LogP contribution in [-0.2, 0) is 22.4 Å². The number of carbonyl (C=O) groups excluding carboxylic acids is 1. The van der Waals surface area contributed by atoms with Gasteiger partial charge in [0.05, 0.1) is 25.6 Å². The number of anilines is 1. The summed E-state index contributed by atoms with van der Waals surface area (Å²) in [6.07, 6.45) is 0.205. The molecule has 0 saturated heterocycles. The summed E-state index contributed by atoms with van der Waals surface area (Å²) < 4.78 is 5.12. The molecule has 0 bridgehead atoms. The lowest BCUT2D eigenvalue weighted by Gasteiger charge is -2.08. The lowest BCUT2D eigenvalue weighted by Crippen LogP contribution is -2.04. The van der Waals surface area contributed by atoms with Gasteiger partial charge in [-0.3, -0.25) is 9.59 Å². The maximum atomic E-state index is 11.2. The predicted octanol–water partition coefficient (Wildman–Crippen LogP) is 0.817. The van der Waals surface area contributed by atoms with E-state index in [1.165, 1.54) is 7.11 Å². The summed E-state index contributed by atoms with van der Waals surface area (Å²) in [5.74, 6) is -0.486. The summed E-state index contributed by atoms with van der Waals surface area (Å²) in [5, 5.41) is 11.4. The van der Waals surface area contributed by atoms with E-state index in [0.717, 1.165) is 5.56 Å². The fraction of sp³-hybridized carbons (Fsp3) is 0.273. The highest BCUT2D eigenvalue weighted by Crippen LogP contribution is 2.34. The molecule has 1 aliphatic heterocycles. The van der Waals surface area contributed by atoms with Gasteiger partial charge in [0.2, 0.25) is 5.91 Å². The van der Waals surface area contributed by atoms with Crippen LogP contribution in [0, 0.1) is 0 Å². The minimum atomic E-state index is -0.903. The first-order chi connectivity index (χ1) is 7.60. The summed E-state index contributed by atoms with van der Waals surface area (Å²) in [7, 11) is 1.49. The Bertz CT molecular complexity index is 467. The largest absolute Gasteiger partial charge is 0.495 e. The Balaban J connectivity index is 2.42. The number of carboxylic acids is 1. The minimum Gasteiger partial charge on any atom is -0.495 e. The van der Waals surface area contributed by atoms with Crippen molar-refractivity contribution in [2.45, 2.75) is 12.8 Å². The maximum absolute atomic E-state index is 11.2. The van der Waals surface area contributed by atoms with Crippen molar-refractivity contribution < 1.29 is 19.4 Å². The van der Waals surface area contributed by atoms with E-state index in [-0.39, 0.29) is 18.7 Å². The van der Waals surface area contributed by atoms with E-state index in [9.17, 15) is 9.59 Å². The van der Waals surface area contributed by atoms with E-state index in [1.807, 2.05) is 0 Å². The van der Waals surface area contributed by atoms with Crippen molar-refractivity contribution in [1.29, 1.82) is 0 Å². The summed E-state index contributed by atoms with van der Waals surface area (Å²) in [6.45, 7) is 0. The highest BCUT2D eigenvalue weighted by molar-refractivity contribution is 6.01. The van der Waals surface area contributed by atoms with Gasteiger partial charge in [-0.1, -0.05) is 6.07 Å². The van der Waals surface area contributed by atoms with Gasteiger partial charge in [0.25, 0.3) is 0 Å². The molecule has 0 atom stereocenters. The Labute approximate surface area is 92.0 Å². The number of ether oxygens (including phenoxy) is 1. The minimum absolute atomic E-state index is 0.0716. The Morgan fingerprint density at radius 3 is 2.94 bits per heavy atom. The third kappa shape index (κ3) is 1.84. The smallest absolute Gasteiger partial charge is 0.307 e. The Morgan fingerprint density at radius 2 is 2.31 bits per heavy atom. The quantitative estimate of drug-likeness (QED) is 0.792. The number of hydrogen-bond donors (Lipinski definition) is 2. The number of carboxylic acid groups (broad SMARTS) is 1. The molecule has 1 amide bonds. The summed E-state index contributed by atoms with van der Waals surface area (Å²) in [4.78, 5) is 21.8. The number of aliphatic carboxylic acids is 1. The molecule has 0 spiro atoms. The van der Waals surface area contributed by atoms with Crippen LogP contribution in [0.1, 0.15) is 11.1 Å². The number of nitrogens with one attached hydrogen (secondary N) is 1. The first-order valence-electron chi connectivity index (χ1n) is 4.81. The van der Waals surface area contributed by atoms with Crippen LogP contribution in [0.25, 0.3) is 0 Å². The Morgan fingerprint density at radius 1 is 1.56 bits per heavy atom. The van der Waals surface area contributed by atoms with Gasteiger partial charge in [-0.2, -0.15) is 0 Å². The predicted molar refractivity (Wildman–Crippen MR) is 56.7 cm³/mol. The van der Waals surface area contributed by atoms with Crippen LogP contribution in [0.15, 0.2) is 12.1 Å². The molecule has 1 heterocycles. The summed E-state index contributed by atoms with van der Waals surface area (Å²) in [5.41, 5.74) is 2.09. The molecule has 1 aromatic rings. The van der Waals surface area contributed by atoms with Crippen LogP contribution >= 0.6 is 0 Å². The molecule has 2 N–H and O–H groups in total. The van der Waals surface area contributed by atoms with E-state index in [4.69, 9.17) is 9.84 Å². The number of fused-ring (bicyclic) bond motifs is 1.